The second-order valence-corrected chi connectivity index (χ2v) is 4.40. The third-order valence-corrected chi connectivity index (χ3v) is 2.68. The van der Waals surface area contributed by atoms with Crippen molar-refractivity contribution in [2.45, 2.75) is 20.0 Å². The molecule has 1 atom stereocenters. The highest BCUT2D eigenvalue weighted by molar-refractivity contribution is 5.96. The van der Waals surface area contributed by atoms with Crippen molar-refractivity contribution < 1.29 is 28.6 Å². The van der Waals surface area contributed by atoms with E-state index in [0.29, 0.717) is 6.61 Å². The molecule has 0 aliphatic carbocycles. The molecule has 0 fully saturated rings. The standard InChI is InChI=1S/C16H19NO6/c1-4-22-13-8-5-12(6-9-13)7-10-14(18)23-11(2)15(19)17-16(20)21-3/h5-11H,4H2,1-3H3,(H,17,19,20)/b10-7+/t11-/m1/s1. The summed E-state index contributed by atoms with van der Waals surface area (Å²) in [7, 11) is 1.12. The van der Waals surface area contributed by atoms with Crippen LogP contribution in [0.15, 0.2) is 30.3 Å². The molecule has 0 saturated heterocycles. The molecule has 0 spiro atoms. The molecule has 7 heteroatoms. The molecule has 23 heavy (non-hydrogen) atoms. The molecule has 1 rings (SSSR count). The van der Waals surface area contributed by atoms with E-state index in [1.807, 2.05) is 12.2 Å². The summed E-state index contributed by atoms with van der Waals surface area (Å²) in [6, 6.07) is 7.12. The maximum atomic E-state index is 11.6. The monoisotopic (exact) mass is 321 g/mol. The Morgan fingerprint density at radius 2 is 1.87 bits per heavy atom. The van der Waals surface area contributed by atoms with Gasteiger partial charge in [0.25, 0.3) is 5.91 Å². The Bertz CT molecular complexity index is 579. The zero-order valence-electron chi connectivity index (χ0n) is 13.2. The number of hydrogen-bond donors (Lipinski definition) is 1. The van der Waals surface area contributed by atoms with Gasteiger partial charge in [-0.15, -0.1) is 0 Å². The summed E-state index contributed by atoms with van der Waals surface area (Å²) in [5.74, 6) is -0.730. The summed E-state index contributed by atoms with van der Waals surface area (Å²) < 4.78 is 14.5. The van der Waals surface area contributed by atoms with E-state index in [1.165, 1.54) is 13.0 Å². The average Bonchev–Trinajstić information content (AvgIpc) is 2.54. The molecule has 1 aromatic carbocycles. The van der Waals surface area contributed by atoms with E-state index >= 15 is 0 Å². The van der Waals surface area contributed by atoms with Crippen molar-refractivity contribution in [3.63, 3.8) is 0 Å². The van der Waals surface area contributed by atoms with Crippen LogP contribution in [0.3, 0.4) is 0 Å². The topological polar surface area (TPSA) is 90.9 Å². The van der Waals surface area contributed by atoms with E-state index in [4.69, 9.17) is 9.47 Å². The van der Waals surface area contributed by atoms with E-state index in [1.54, 1.807) is 30.3 Å². The number of methoxy groups -OCH3 is 1. The molecule has 0 radical (unpaired) electrons. The lowest BCUT2D eigenvalue weighted by atomic mass is 10.2. The van der Waals surface area contributed by atoms with Gasteiger partial charge < -0.3 is 14.2 Å². The van der Waals surface area contributed by atoms with Crippen molar-refractivity contribution in [1.29, 1.82) is 0 Å². The highest BCUT2D eigenvalue weighted by Gasteiger charge is 2.18. The molecule has 1 aromatic rings. The lowest BCUT2D eigenvalue weighted by Gasteiger charge is -2.10. The fourth-order valence-corrected chi connectivity index (χ4v) is 1.53. The average molecular weight is 321 g/mol. The first kappa shape index (κ1) is 18.2. The molecule has 0 unspecified atom stereocenters. The smallest absolute Gasteiger partial charge is 0.413 e. The highest BCUT2D eigenvalue weighted by atomic mass is 16.6. The van der Waals surface area contributed by atoms with Gasteiger partial charge in [0.15, 0.2) is 6.10 Å². The number of nitrogens with one attached hydrogen (secondary N) is 1. The van der Waals surface area contributed by atoms with Crippen LogP contribution in [0, 0.1) is 0 Å². The predicted molar refractivity (Wildman–Crippen MR) is 82.7 cm³/mol. The largest absolute Gasteiger partial charge is 0.494 e. The van der Waals surface area contributed by atoms with E-state index < -0.39 is 24.1 Å². The van der Waals surface area contributed by atoms with Gasteiger partial charge >= 0.3 is 12.1 Å². The Morgan fingerprint density at radius 3 is 2.43 bits per heavy atom. The van der Waals surface area contributed by atoms with E-state index in [0.717, 1.165) is 18.4 Å². The normalized spacial score (nSPS) is 11.6. The number of carbonyl (C=O) groups excluding carboxylic acids is 3. The molecule has 0 aliphatic rings. The molecule has 0 aliphatic heterocycles. The van der Waals surface area contributed by atoms with Crippen molar-refractivity contribution in [1.82, 2.24) is 5.32 Å². The number of rotatable bonds is 6. The number of ether oxygens (including phenoxy) is 3. The summed E-state index contributed by atoms with van der Waals surface area (Å²) in [5, 5.41) is 1.91. The second-order valence-electron chi connectivity index (χ2n) is 4.40. The van der Waals surface area contributed by atoms with Crippen molar-refractivity contribution in [3.05, 3.63) is 35.9 Å². The van der Waals surface area contributed by atoms with Crippen LogP contribution >= 0.6 is 0 Å². The van der Waals surface area contributed by atoms with E-state index in [9.17, 15) is 14.4 Å². The van der Waals surface area contributed by atoms with Gasteiger partial charge in [0.05, 0.1) is 13.7 Å². The Labute approximate surface area is 134 Å². The number of imide groups is 1. The summed E-state index contributed by atoms with van der Waals surface area (Å²) >= 11 is 0. The Hall–Kier alpha value is -2.83. The molecule has 2 amide bonds. The lowest BCUT2D eigenvalue weighted by Crippen LogP contribution is -2.39. The van der Waals surface area contributed by atoms with Gasteiger partial charge in [0.1, 0.15) is 5.75 Å². The van der Waals surface area contributed by atoms with E-state index in [2.05, 4.69) is 4.74 Å². The van der Waals surface area contributed by atoms with Crippen molar-refractivity contribution in [2.75, 3.05) is 13.7 Å². The summed E-state index contributed by atoms with van der Waals surface area (Å²) in [4.78, 5) is 34.0. The van der Waals surface area contributed by atoms with Crippen molar-refractivity contribution in [3.8, 4) is 5.75 Å². The van der Waals surface area contributed by atoms with Gasteiger partial charge in [-0.05, 0) is 37.6 Å². The molecular weight excluding hydrogens is 302 g/mol. The molecule has 7 nitrogen and oxygen atoms in total. The Balaban J connectivity index is 2.51. The van der Waals surface area contributed by atoms with E-state index in [-0.39, 0.29) is 0 Å². The van der Waals surface area contributed by atoms with Crippen LogP contribution in [0.25, 0.3) is 6.08 Å². The quantitative estimate of drug-likeness (QED) is 0.636. The maximum absolute atomic E-state index is 11.6. The van der Waals surface area contributed by atoms with Gasteiger partial charge in [-0.25, -0.2) is 9.59 Å². The number of amides is 2. The Kier molecular flexibility index (Phi) is 7.32. The summed E-state index contributed by atoms with van der Waals surface area (Å²) in [5.41, 5.74) is 0.775. The number of esters is 1. The number of benzene rings is 1. The fourth-order valence-electron chi connectivity index (χ4n) is 1.53. The Morgan fingerprint density at radius 1 is 1.22 bits per heavy atom. The zero-order valence-corrected chi connectivity index (χ0v) is 13.2. The van der Waals surface area contributed by atoms with Crippen molar-refractivity contribution >= 4 is 24.0 Å². The van der Waals surface area contributed by atoms with Crippen LogP contribution in [0.2, 0.25) is 0 Å². The van der Waals surface area contributed by atoms with Crippen LogP contribution in [0.1, 0.15) is 19.4 Å². The van der Waals surface area contributed by atoms with Crippen LogP contribution < -0.4 is 10.1 Å². The zero-order chi connectivity index (χ0) is 17.2. The SMILES string of the molecule is CCOc1ccc(/C=C/C(=O)O[C@H](C)C(=O)NC(=O)OC)cc1. The molecular formula is C16H19NO6. The van der Waals surface area contributed by atoms with Crippen LogP contribution in [-0.4, -0.2) is 37.8 Å². The molecule has 0 heterocycles. The van der Waals surface area contributed by atoms with Gasteiger partial charge in [0.2, 0.25) is 0 Å². The third-order valence-electron chi connectivity index (χ3n) is 2.68. The lowest BCUT2D eigenvalue weighted by molar-refractivity contribution is -0.149. The molecule has 0 aromatic heterocycles. The van der Waals surface area contributed by atoms with Gasteiger partial charge in [-0.1, -0.05) is 12.1 Å². The maximum Gasteiger partial charge on any atom is 0.413 e. The minimum absolute atomic E-state index is 0.576. The predicted octanol–water partition coefficient (Wildman–Crippen LogP) is 1.91. The minimum Gasteiger partial charge on any atom is -0.494 e. The summed E-state index contributed by atoms with van der Waals surface area (Å²) in [6.45, 7) is 3.81. The van der Waals surface area contributed by atoms with Crippen LogP contribution in [0.5, 0.6) is 5.75 Å². The van der Waals surface area contributed by atoms with Crippen LogP contribution in [-0.2, 0) is 19.1 Å². The molecule has 124 valence electrons. The molecule has 0 saturated carbocycles. The first-order valence-electron chi connectivity index (χ1n) is 6.96. The summed E-state index contributed by atoms with van der Waals surface area (Å²) in [6.07, 6.45) is 0.704. The van der Waals surface area contributed by atoms with Gasteiger partial charge in [-0.2, -0.15) is 0 Å². The first-order chi connectivity index (χ1) is 11.0. The van der Waals surface area contributed by atoms with Gasteiger partial charge in [-0.3, -0.25) is 10.1 Å². The second kappa shape index (κ2) is 9.24. The fraction of sp³-hybridized carbons (Fsp3) is 0.312. The minimum atomic E-state index is -1.12. The van der Waals surface area contributed by atoms with Crippen LogP contribution in [0.4, 0.5) is 4.79 Å². The van der Waals surface area contributed by atoms with Crippen molar-refractivity contribution in [2.24, 2.45) is 0 Å². The number of carbonyl (C=O) groups is 3. The first-order valence-corrected chi connectivity index (χ1v) is 6.96. The molecule has 1 N–H and O–H groups in total. The number of hydrogen-bond acceptors (Lipinski definition) is 6. The highest BCUT2D eigenvalue weighted by Crippen LogP contribution is 2.13. The number of alkyl carbamates (subject to hydrolysis) is 1. The van der Waals surface area contributed by atoms with Gasteiger partial charge in [0, 0.05) is 6.08 Å². The molecule has 0 bridgehead atoms. The third kappa shape index (κ3) is 6.64.